The van der Waals surface area contributed by atoms with Crippen LogP contribution in [-0.4, -0.2) is 83.2 Å². The lowest BCUT2D eigenvalue weighted by atomic mass is 9.45. The van der Waals surface area contributed by atoms with E-state index < -0.39 is 36.0 Å². The lowest BCUT2D eigenvalue weighted by Gasteiger charge is -2.62. The van der Waals surface area contributed by atoms with Gasteiger partial charge in [-0.1, -0.05) is 39.0 Å². The number of amides is 2. The summed E-state index contributed by atoms with van der Waals surface area (Å²) < 4.78 is 5.83. The normalized spacial score (nSPS) is 29.4. The fourth-order valence-electron chi connectivity index (χ4n) is 8.01. The predicted octanol–water partition coefficient (Wildman–Crippen LogP) is 3.08. The van der Waals surface area contributed by atoms with E-state index in [1.54, 1.807) is 25.1 Å². The van der Waals surface area contributed by atoms with Gasteiger partial charge in [-0.15, -0.1) is 0 Å². The average molecular weight is 624 g/mol. The van der Waals surface area contributed by atoms with Gasteiger partial charge in [0.15, 0.2) is 0 Å². The van der Waals surface area contributed by atoms with Crippen molar-refractivity contribution in [2.75, 3.05) is 20.8 Å². The Bertz CT molecular complexity index is 1460. The number of nitrogens with zero attached hydrogens (tertiary/aromatic N) is 1. The van der Waals surface area contributed by atoms with E-state index in [1.165, 1.54) is 37.8 Å². The number of carboxylic acids is 1. The number of ether oxygens (including phenoxy) is 1. The van der Waals surface area contributed by atoms with Gasteiger partial charge in [-0.2, -0.15) is 5.06 Å². The molecule has 1 aliphatic heterocycles. The number of aliphatic hydroxyl groups is 2. The Morgan fingerprint density at radius 3 is 2.44 bits per heavy atom. The summed E-state index contributed by atoms with van der Waals surface area (Å²) in [6.07, 6.45) is 0.344. The van der Waals surface area contributed by atoms with Crippen LogP contribution >= 0.6 is 0 Å². The third-order valence-corrected chi connectivity index (χ3v) is 10.7. The molecule has 6 rings (SSSR count). The minimum Gasteiger partial charge on any atom is -0.496 e. The molecule has 1 heterocycles. The molecule has 45 heavy (non-hydrogen) atoms. The van der Waals surface area contributed by atoms with Gasteiger partial charge < -0.3 is 30.7 Å². The van der Waals surface area contributed by atoms with Crippen LogP contribution in [0.3, 0.4) is 0 Å². The van der Waals surface area contributed by atoms with E-state index in [1.807, 2.05) is 6.07 Å². The van der Waals surface area contributed by atoms with Gasteiger partial charge in [0.05, 0.1) is 31.9 Å². The van der Waals surface area contributed by atoms with Gasteiger partial charge in [-0.05, 0) is 66.7 Å². The van der Waals surface area contributed by atoms with Gasteiger partial charge in [0.2, 0.25) is 5.91 Å². The van der Waals surface area contributed by atoms with Crippen molar-refractivity contribution in [1.29, 1.82) is 0 Å². The van der Waals surface area contributed by atoms with Crippen molar-refractivity contribution in [3.63, 3.8) is 0 Å². The Morgan fingerprint density at radius 1 is 1.16 bits per heavy atom. The number of carboxylic acid groups (broad SMARTS) is 1. The number of benzene rings is 2. The van der Waals surface area contributed by atoms with Crippen molar-refractivity contribution in [3.05, 3.63) is 53.1 Å². The van der Waals surface area contributed by atoms with E-state index in [0.717, 1.165) is 6.42 Å². The molecule has 0 spiro atoms. The Hall–Kier alpha value is -3.51. The van der Waals surface area contributed by atoms with Crippen LogP contribution in [0.4, 0.5) is 0 Å². The third kappa shape index (κ3) is 5.94. The Kier molecular flexibility index (Phi) is 9.28. The van der Waals surface area contributed by atoms with Gasteiger partial charge in [0, 0.05) is 35.7 Å². The maximum atomic E-state index is 14.0. The first kappa shape index (κ1) is 32.9. The highest BCUT2D eigenvalue weighted by molar-refractivity contribution is 5.99. The van der Waals surface area contributed by atoms with Gasteiger partial charge >= 0.3 is 5.97 Å². The summed E-state index contributed by atoms with van der Waals surface area (Å²) in [5, 5.41) is 38.0. The third-order valence-electron chi connectivity index (χ3n) is 10.7. The predicted molar refractivity (Wildman–Crippen MR) is 166 cm³/mol. The van der Waals surface area contributed by atoms with E-state index in [-0.39, 0.29) is 41.6 Å². The molecule has 0 aromatic heterocycles. The molecule has 0 unspecified atom stereocenters. The molecule has 4 fully saturated rings. The summed E-state index contributed by atoms with van der Waals surface area (Å²) in [5.41, 5.74) is 2.04. The molecular weight excluding hydrogens is 578 g/mol. The highest BCUT2D eigenvalue weighted by Gasteiger charge is 2.57. The number of hydroxylamine groups is 2. The zero-order chi connectivity index (χ0) is 32.8. The summed E-state index contributed by atoms with van der Waals surface area (Å²) in [7, 11) is 2.96. The second-order valence-corrected chi connectivity index (χ2v) is 13.4. The standard InChI is InChI=1S/C34H45N3O8/c1-17-25-13-23(34(25,3)4)14-26(17)36-32(41)29-28(18(2)39)27(16-38)45-37(29)15-19-8-7-9-24(30(19)44-6)20-10-21(31(40)35-5)12-22(11-20)33(42)43/h7-12,17-18,23,25-29,38-39H,13-16H2,1-6H3,(H,35,40)(H,36,41)(H,42,43)/t17-,18-,23+,25+,26-,27-,28+,29-/m0/s1. The highest BCUT2D eigenvalue weighted by atomic mass is 16.7. The maximum Gasteiger partial charge on any atom is 0.335 e. The number of methoxy groups -OCH3 is 1. The molecule has 11 heteroatoms. The van der Waals surface area contributed by atoms with Crippen LogP contribution in [0.2, 0.25) is 0 Å². The summed E-state index contributed by atoms with van der Waals surface area (Å²) in [6, 6.07) is 8.85. The lowest BCUT2D eigenvalue weighted by Crippen LogP contribution is -2.62. The summed E-state index contributed by atoms with van der Waals surface area (Å²) in [4.78, 5) is 44.5. The fourth-order valence-corrected chi connectivity index (χ4v) is 8.01. The molecule has 1 saturated heterocycles. The minimum absolute atomic E-state index is 0.00726. The van der Waals surface area contributed by atoms with E-state index in [0.29, 0.717) is 40.2 Å². The number of carbonyl (C=O) groups is 3. The number of fused-ring (bicyclic) bond motifs is 2. The molecule has 2 amide bonds. The molecule has 11 nitrogen and oxygen atoms in total. The monoisotopic (exact) mass is 623 g/mol. The molecular formula is C34H45N3O8. The number of carbonyl (C=O) groups excluding carboxylic acids is 2. The Labute approximate surface area is 263 Å². The number of hydrogen-bond acceptors (Lipinski definition) is 8. The summed E-state index contributed by atoms with van der Waals surface area (Å²) in [5.74, 6) is -0.746. The Morgan fingerprint density at radius 2 is 1.87 bits per heavy atom. The van der Waals surface area contributed by atoms with E-state index in [2.05, 4.69) is 31.4 Å². The lowest BCUT2D eigenvalue weighted by molar-refractivity contribution is -0.183. The second-order valence-electron chi connectivity index (χ2n) is 13.4. The molecule has 3 saturated carbocycles. The first-order chi connectivity index (χ1) is 21.3. The number of para-hydroxylation sites is 1. The first-order valence-electron chi connectivity index (χ1n) is 15.6. The van der Waals surface area contributed by atoms with Gasteiger partial charge in [0.1, 0.15) is 17.9 Å². The average Bonchev–Trinajstić information content (AvgIpc) is 3.39. The molecule has 5 N–H and O–H groups in total. The smallest absolute Gasteiger partial charge is 0.335 e. The fraction of sp³-hybridized carbons (Fsp3) is 0.559. The zero-order valence-corrected chi connectivity index (χ0v) is 26.7. The van der Waals surface area contributed by atoms with Crippen molar-refractivity contribution in [2.24, 2.45) is 29.1 Å². The SMILES string of the molecule is CNC(=O)c1cc(C(=O)O)cc(-c2cccc(CN3O[C@@H](CO)[C@@H]([C@H](C)O)[C@H]3C(=O)N[C@H]3C[C@H]4C[C@H]([C@@H]3C)C4(C)C)c2OC)c1. The topological polar surface area (TPSA) is 158 Å². The highest BCUT2D eigenvalue weighted by Crippen LogP contribution is 2.61. The van der Waals surface area contributed by atoms with Crippen molar-refractivity contribution < 1.29 is 39.3 Å². The van der Waals surface area contributed by atoms with Gasteiger partial charge in [-0.3, -0.25) is 14.4 Å². The number of aliphatic hydroxyl groups excluding tert-OH is 2. The van der Waals surface area contributed by atoms with E-state index in [9.17, 15) is 29.7 Å². The van der Waals surface area contributed by atoms with Crippen molar-refractivity contribution in [3.8, 4) is 16.9 Å². The van der Waals surface area contributed by atoms with Crippen LogP contribution in [0.15, 0.2) is 36.4 Å². The van der Waals surface area contributed by atoms with Gasteiger partial charge in [-0.25, -0.2) is 4.79 Å². The number of rotatable bonds is 10. The largest absolute Gasteiger partial charge is 0.496 e. The summed E-state index contributed by atoms with van der Waals surface area (Å²) >= 11 is 0. The van der Waals surface area contributed by atoms with Crippen LogP contribution < -0.4 is 15.4 Å². The molecule has 0 radical (unpaired) electrons. The minimum atomic E-state index is -1.18. The number of hydrogen-bond donors (Lipinski definition) is 5. The molecule has 2 aromatic carbocycles. The molecule has 3 aliphatic carbocycles. The van der Waals surface area contributed by atoms with Crippen LogP contribution in [0.25, 0.3) is 11.1 Å². The molecule has 4 aliphatic rings. The van der Waals surface area contributed by atoms with Gasteiger partial charge in [0.25, 0.3) is 5.91 Å². The van der Waals surface area contributed by atoms with E-state index in [4.69, 9.17) is 9.57 Å². The zero-order valence-electron chi connectivity index (χ0n) is 26.7. The van der Waals surface area contributed by atoms with Crippen LogP contribution in [0.1, 0.15) is 66.8 Å². The molecule has 2 aromatic rings. The second kappa shape index (κ2) is 12.7. The van der Waals surface area contributed by atoms with Crippen molar-refractivity contribution in [2.45, 2.75) is 71.4 Å². The molecule has 8 atom stereocenters. The van der Waals surface area contributed by atoms with Crippen molar-refractivity contribution in [1.82, 2.24) is 15.7 Å². The number of aromatic carboxylic acids is 1. The van der Waals surface area contributed by atoms with Crippen LogP contribution in [0, 0.1) is 29.1 Å². The van der Waals surface area contributed by atoms with E-state index >= 15 is 0 Å². The van der Waals surface area contributed by atoms with Crippen LogP contribution in [-0.2, 0) is 16.2 Å². The molecule has 244 valence electrons. The molecule has 2 bridgehead atoms. The summed E-state index contributed by atoms with van der Waals surface area (Å²) in [6.45, 7) is 8.11. The number of nitrogens with one attached hydrogen (secondary N) is 2. The first-order valence-corrected chi connectivity index (χ1v) is 15.6. The Balaban J connectivity index is 1.47. The maximum absolute atomic E-state index is 14.0. The van der Waals surface area contributed by atoms with Crippen LogP contribution in [0.5, 0.6) is 5.75 Å². The quantitative estimate of drug-likeness (QED) is 0.268. The van der Waals surface area contributed by atoms with Crippen molar-refractivity contribution >= 4 is 17.8 Å².